The lowest BCUT2D eigenvalue weighted by atomic mass is 9.87. The number of carbonyl (C=O) groups is 4. The highest BCUT2D eigenvalue weighted by atomic mass is 35.5. The number of aromatic nitrogens is 4. The van der Waals surface area contributed by atoms with Gasteiger partial charge in [-0.15, -0.1) is 0 Å². The van der Waals surface area contributed by atoms with Gasteiger partial charge in [-0.2, -0.15) is 12.7 Å². The fourth-order valence-corrected chi connectivity index (χ4v) is 9.35. The molecule has 3 fully saturated rings. The topological polar surface area (TPSA) is 226 Å². The molecule has 8 rings (SSSR count). The van der Waals surface area contributed by atoms with Gasteiger partial charge in [0.25, 0.3) is 0 Å². The van der Waals surface area contributed by atoms with Crippen LogP contribution in [0.25, 0.3) is 22.2 Å². The van der Waals surface area contributed by atoms with E-state index in [1.165, 1.54) is 19.4 Å². The van der Waals surface area contributed by atoms with Crippen LogP contribution in [0, 0.1) is 11.6 Å². The van der Waals surface area contributed by atoms with Crippen LogP contribution >= 0.6 is 11.6 Å². The summed E-state index contributed by atoms with van der Waals surface area (Å²) in [7, 11) is -2.88. The fourth-order valence-electron chi connectivity index (χ4n) is 8.12. The number of H-pyrrole nitrogens is 1. The zero-order valence-corrected chi connectivity index (χ0v) is 37.0. The van der Waals surface area contributed by atoms with Gasteiger partial charge >= 0.3 is 10.2 Å². The monoisotopic (exact) mass is 933 g/mol. The second-order valence-electron chi connectivity index (χ2n) is 16.3. The van der Waals surface area contributed by atoms with Gasteiger partial charge in [0, 0.05) is 112 Å². The van der Waals surface area contributed by atoms with E-state index in [1.807, 2.05) is 17.0 Å². The maximum Gasteiger partial charge on any atom is 0.301 e. The van der Waals surface area contributed by atoms with E-state index < -0.39 is 50.5 Å². The summed E-state index contributed by atoms with van der Waals surface area (Å²) in [5, 5.41) is 17.7. The molecule has 3 aromatic heterocycles. The highest BCUT2D eigenvalue weighted by Crippen LogP contribution is 2.35. The second-order valence-corrected chi connectivity index (χ2v) is 18.5. The van der Waals surface area contributed by atoms with Gasteiger partial charge in [0.1, 0.15) is 17.5 Å². The minimum atomic E-state index is -4.17. The van der Waals surface area contributed by atoms with Crippen LogP contribution in [0.15, 0.2) is 61.2 Å². The zero-order chi connectivity index (χ0) is 46.2. The molecule has 0 aliphatic carbocycles. The number of rotatable bonds is 13. The van der Waals surface area contributed by atoms with Gasteiger partial charge < -0.3 is 30.1 Å². The molecule has 0 bridgehead atoms. The summed E-state index contributed by atoms with van der Waals surface area (Å²) >= 11 is 6.65. The Kier molecular flexibility index (Phi) is 12.7. The molecule has 1 atom stereocenters. The van der Waals surface area contributed by atoms with E-state index in [0.717, 1.165) is 22.1 Å². The number of benzene rings is 2. The molecular formula is C43H46ClF2N11O7S. The van der Waals surface area contributed by atoms with E-state index >= 15 is 8.78 Å². The van der Waals surface area contributed by atoms with Crippen LogP contribution in [0.5, 0.6) is 0 Å². The summed E-state index contributed by atoms with van der Waals surface area (Å²) in [5.41, 5.74) is -0.0145. The van der Waals surface area contributed by atoms with Crippen LogP contribution < -0.4 is 25.2 Å². The molecule has 5 aromatic rings. The lowest BCUT2D eigenvalue weighted by Crippen LogP contribution is -2.52. The van der Waals surface area contributed by atoms with Crippen molar-refractivity contribution in [3.8, 4) is 11.1 Å². The van der Waals surface area contributed by atoms with E-state index in [2.05, 4.69) is 40.2 Å². The molecule has 0 spiro atoms. The van der Waals surface area contributed by atoms with Crippen LogP contribution in [0.3, 0.4) is 0 Å². The van der Waals surface area contributed by atoms with Crippen molar-refractivity contribution in [2.75, 3.05) is 72.7 Å². The van der Waals surface area contributed by atoms with E-state index in [1.54, 1.807) is 36.4 Å². The SMILES string of the molecule is CCN(C)S(=O)(=O)Nc1ccc(F)c(C(=O)c2c[nH]c3ncc(-c4cnc(N5CCN(C(=O)CC6(O)CCN(c7ccc(N[C@H]8CCC(=O)NC8=O)cc7Cl)CC6)CC5)nc4)cc23)c1F. The number of halogens is 3. The molecule has 18 nitrogen and oxygen atoms in total. The van der Waals surface area contributed by atoms with Crippen molar-refractivity contribution in [3.63, 3.8) is 0 Å². The summed E-state index contributed by atoms with van der Waals surface area (Å²) in [5.74, 6) is -3.93. The Labute approximate surface area is 377 Å². The van der Waals surface area contributed by atoms with Crippen LogP contribution in [-0.4, -0.2) is 131 Å². The number of piperidine rings is 2. The minimum Gasteiger partial charge on any atom is -0.389 e. The molecule has 3 amide bonds. The Morgan fingerprint density at radius 2 is 1.68 bits per heavy atom. The first-order chi connectivity index (χ1) is 31.0. The van der Waals surface area contributed by atoms with E-state index in [9.17, 15) is 32.7 Å². The van der Waals surface area contributed by atoms with E-state index in [-0.39, 0.29) is 53.7 Å². The molecule has 3 aliphatic heterocycles. The zero-order valence-electron chi connectivity index (χ0n) is 35.4. The summed E-state index contributed by atoms with van der Waals surface area (Å²) in [6, 6.07) is 8.21. The number of carbonyl (C=O) groups excluding carboxylic acids is 4. The van der Waals surface area contributed by atoms with Crippen molar-refractivity contribution in [2.45, 2.75) is 50.7 Å². The van der Waals surface area contributed by atoms with Gasteiger partial charge in [0.2, 0.25) is 29.5 Å². The molecule has 0 radical (unpaired) electrons. The number of piperazine rings is 1. The number of amides is 3. The Hall–Kier alpha value is -6.29. The van der Waals surface area contributed by atoms with Gasteiger partial charge in [-0.05, 0) is 55.7 Å². The number of imide groups is 1. The number of nitrogens with one attached hydrogen (secondary N) is 4. The number of ketones is 1. The van der Waals surface area contributed by atoms with Crippen LogP contribution in [-0.2, 0) is 24.6 Å². The minimum absolute atomic E-state index is 0.0178. The highest BCUT2D eigenvalue weighted by molar-refractivity contribution is 7.90. The van der Waals surface area contributed by atoms with Crippen molar-refractivity contribution in [1.82, 2.24) is 34.5 Å². The highest BCUT2D eigenvalue weighted by Gasteiger charge is 2.37. The van der Waals surface area contributed by atoms with Gasteiger partial charge in [0.15, 0.2) is 5.82 Å². The molecule has 5 N–H and O–H groups in total. The van der Waals surface area contributed by atoms with Gasteiger partial charge in [-0.3, -0.25) is 29.2 Å². The average molecular weight is 934 g/mol. The molecule has 65 heavy (non-hydrogen) atoms. The third-order valence-electron chi connectivity index (χ3n) is 12.1. The third-order valence-corrected chi connectivity index (χ3v) is 14.0. The molecule has 3 saturated heterocycles. The normalized spacial score (nSPS) is 18.0. The number of aromatic amines is 1. The maximum absolute atomic E-state index is 15.6. The smallest absolute Gasteiger partial charge is 0.301 e. The first kappa shape index (κ1) is 45.3. The molecule has 3 aliphatic rings. The van der Waals surface area contributed by atoms with Gasteiger partial charge in [-0.25, -0.2) is 23.7 Å². The number of aliphatic hydroxyl groups is 1. The third kappa shape index (κ3) is 9.58. The number of nitrogens with zero attached hydrogens (tertiary/aromatic N) is 7. The van der Waals surface area contributed by atoms with Crippen LogP contribution in [0.1, 0.15) is 54.9 Å². The van der Waals surface area contributed by atoms with Crippen molar-refractivity contribution in [3.05, 3.63) is 89.0 Å². The number of pyridine rings is 1. The van der Waals surface area contributed by atoms with E-state index in [4.69, 9.17) is 11.6 Å². The molecular weight excluding hydrogens is 888 g/mol. The molecule has 22 heteroatoms. The molecule has 342 valence electrons. The van der Waals surface area contributed by atoms with Crippen molar-refractivity contribution in [2.24, 2.45) is 0 Å². The van der Waals surface area contributed by atoms with Gasteiger partial charge in [0.05, 0.1) is 34.0 Å². The standard InChI is InChI=1S/C43H46ClF2N11O7S/c1-3-54(2)65(63,64)53-32-6-5-31(45)37(38(32)46)39(60)29-24-48-40-28(29)18-25(21-47-40)26-22-49-42(50-23-26)57-16-14-56(15-17-57)36(59)20-43(62)10-12-55(13-11-43)34-8-4-27(19-30(34)44)51-33-7-9-35(58)52-41(33)61/h4-6,8,18-19,21-24,33,51,53,62H,3,7,9-17,20H2,1-2H3,(H,47,48)(H,52,58,61)/t33-/m0/s1. The Morgan fingerprint density at radius 3 is 2.35 bits per heavy atom. The van der Waals surface area contributed by atoms with Crippen LogP contribution in [0.4, 0.5) is 31.8 Å². The second kappa shape index (κ2) is 18.3. The largest absolute Gasteiger partial charge is 0.389 e. The summed E-state index contributed by atoms with van der Waals surface area (Å²) in [4.78, 5) is 72.8. The first-order valence-corrected chi connectivity index (χ1v) is 22.8. The summed E-state index contributed by atoms with van der Waals surface area (Å²) in [6.07, 6.45) is 7.34. The molecule has 6 heterocycles. The average Bonchev–Trinajstić information content (AvgIpc) is 3.72. The van der Waals surface area contributed by atoms with Crippen molar-refractivity contribution >= 4 is 79.4 Å². The maximum atomic E-state index is 15.6. The summed E-state index contributed by atoms with van der Waals surface area (Å²) in [6.45, 7) is 4.35. The fraction of sp³-hybridized carbons (Fsp3) is 0.372. The lowest BCUT2D eigenvalue weighted by Gasteiger charge is -2.41. The number of anilines is 4. The number of hydrogen-bond donors (Lipinski definition) is 5. The first-order valence-electron chi connectivity index (χ1n) is 21.0. The predicted molar refractivity (Wildman–Crippen MR) is 239 cm³/mol. The lowest BCUT2D eigenvalue weighted by molar-refractivity contribution is -0.138. The van der Waals surface area contributed by atoms with Crippen molar-refractivity contribution in [1.29, 1.82) is 0 Å². The van der Waals surface area contributed by atoms with Crippen LogP contribution in [0.2, 0.25) is 5.02 Å². The Balaban J connectivity index is 0.851. The Bertz CT molecular complexity index is 2780. The number of fused-ring (bicyclic) bond motifs is 1. The predicted octanol–water partition coefficient (Wildman–Crippen LogP) is 4.08. The molecule has 2 aromatic carbocycles. The Morgan fingerprint density at radius 1 is 0.969 bits per heavy atom. The quantitative estimate of drug-likeness (QED) is 0.0830. The molecule has 0 unspecified atom stereocenters. The van der Waals surface area contributed by atoms with Crippen molar-refractivity contribution < 1.29 is 41.5 Å². The summed E-state index contributed by atoms with van der Waals surface area (Å²) < 4.78 is 58.7. The molecule has 0 saturated carbocycles. The van der Waals surface area contributed by atoms with E-state index in [0.29, 0.717) is 86.3 Å². The number of hydrogen-bond acceptors (Lipinski definition) is 13. The van der Waals surface area contributed by atoms with Gasteiger partial charge in [-0.1, -0.05) is 18.5 Å².